The van der Waals surface area contributed by atoms with Crippen LogP contribution in [0.25, 0.3) is 6.08 Å². The number of ether oxygens (including phenoxy) is 3. The second-order valence-electron chi connectivity index (χ2n) is 6.14. The predicted octanol–water partition coefficient (Wildman–Crippen LogP) is 3.50. The third kappa shape index (κ3) is 2.39. The average Bonchev–Trinajstić information content (AvgIpc) is 2.42. The number of halogens is 3. The molecule has 1 aromatic carbocycles. The fraction of sp³-hybridized carbons (Fsp3) is 0.438. The second kappa shape index (κ2) is 4.74. The summed E-state index contributed by atoms with van der Waals surface area (Å²) in [5.74, 6) is -3.29. The average molecular weight is 328 g/mol. The standard InChI is InChI=1S/C16H15F3O4/c1-14(2)8-12(20)11-7-9-6-10(21-3)4-5-13(9)22-15(11,23-14)16(17,18)19/h4-7H,8H2,1-3H3. The van der Waals surface area contributed by atoms with Crippen LogP contribution in [-0.4, -0.2) is 30.5 Å². The first-order valence-electron chi connectivity index (χ1n) is 6.97. The first kappa shape index (κ1) is 15.9. The third-order valence-corrected chi connectivity index (χ3v) is 3.80. The lowest BCUT2D eigenvalue weighted by molar-refractivity contribution is -0.363. The van der Waals surface area contributed by atoms with Gasteiger partial charge in [0.15, 0.2) is 5.78 Å². The van der Waals surface area contributed by atoms with E-state index in [0.717, 1.165) is 0 Å². The minimum Gasteiger partial charge on any atom is -0.497 e. The number of carbonyl (C=O) groups is 1. The van der Waals surface area contributed by atoms with Gasteiger partial charge in [-0.15, -0.1) is 0 Å². The number of rotatable bonds is 1. The summed E-state index contributed by atoms with van der Waals surface area (Å²) in [5.41, 5.74) is -1.48. The zero-order valence-corrected chi connectivity index (χ0v) is 12.8. The van der Waals surface area contributed by atoms with Crippen molar-refractivity contribution in [1.82, 2.24) is 0 Å². The van der Waals surface area contributed by atoms with Gasteiger partial charge in [0.05, 0.1) is 18.3 Å². The van der Waals surface area contributed by atoms with Gasteiger partial charge < -0.3 is 14.2 Å². The lowest BCUT2D eigenvalue weighted by atomic mass is 9.84. The largest absolute Gasteiger partial charge is 0.497 e. The zero-order valence-electron chi connectivity index (χ0n) is 12.8. The number of ketones is 1. The van der Waals surface area contributed by atoms with Crippen LogP contribution in [0.2, 0.25) is 0 Å². The Hall–Kier alpha value is -2.02. The number of hydrogen-bond donors (Lipinski definition) is 0. The predicted molar refractivity (Wildman–Crippen MR) is 75.2 cm³/mol. The van der Waals surface area contributed by atoms with Gasteiger partial charge >= 0.3 is 12.0 Å². The minimum atomic E-state index is -4.90. The van der Waals surface area contributed by atoms with Gasteiger partial charge in [-0.3, -0.25) is 4.79 Å². The molecule has 1 saturated heterocycles. The molecule has 3 rings (SSSR count). The highest BCUT2D eigenvalue weighted by Crippen LogP contribution is 2.51. The number of alkyl halides is 3. The van der Waals surface area contributed by atoms with Crippen LogP contribution in [0.3, 0.4) is 0 Å². The summed E-state index contributed by atoms with van der Waals surface area (Å²) in [6, 6.07) is 4.36. The summed E-state index contributed by atoms with van der Waals surface area (Å²) in [6.07, 6.45) is -3.88. The number of fused-ring (bicyclic) bond motifs is 2. The van der Waals surface area contributed by atoms with Crippen LogP contribution in [-0.2, 0) is 9.53 Å². The maximum Gasteiger partial charge on any atom is 0.460 e. The maximum atomic E-state index is 13.8. The summed E-state index contributed by atoms with van der Waals surface area (Å²) in [6.45, 7) is 2.87. The van der Waals surface area contributed by atoms with Gasteiger partial charge in [-0.25, -0.2) is 0 Å². The highest BCUT2D eigenvalue weighted by molar-refractivity contribution is 6.03. The van der Waals surface area contributed by atoms with Crippen LogP contribution >= 0.6 is 0 Å². The molecule has 1 fully saturated rings. The van der Waals surface area contributed by atoms with E-state index in [4.69, 9.17) is 14.2 Å². The molecular formula is C16H15F3O4. The van der Waals surface area contributed by atoms with Gasteiger partial charge in [-0.1, -0.05) is 0 Å². The Morgan fingerprint density at radius 1 is 1.26 bits per heavy atom. The molecule has 2 heterocycles. The van der Waals surface area contributed by atoms with Crippen molar-refractivity contribution in [2.24, 2.45) is 0 Å². The lowest BCUT2D eigenvalue weighted by Crippen LogP contribution is -2.63. The van der Waals surface area contributed by atoms with Crippen molar-refractivity contribution in [3.05, 3.63) is 29.3 Å². The summed E-state index contributed by atoms with van der Waals surface area (Å²) in [7, 11) is 1.44. The van der Waals surface area contributed by atoms with Crippen molar-refractivity contribution in [3.63, 3.8) is 0 Å². The Morgan fingerprint density at radius 2 is 1.96 bits per heavy atom. The number of hydrogen-bond acceptors (Lipinski definition) is 4. The topological polar surface area (TPSA) is 44.8 Å². The smallest absolute Gasteiger partial charge is 0.460 e. The summed E-state index contributed by atoms with van der Waals surface area (Å²) < 4.78 is 56.8. The molecule has 1 aromatic rings. The SMILES string of the molecule is COc1ccc2c(c1)C=C1C(=O)CC(C)(C)OC1(C(F)(F)F)O2. The summed E-state index contributed by atoms with van der Waals surface area (Å²) in [5, 5.41) is 0. The van der Waals surface area contributed by atoms with Crippen LogP contribution < -0.4 is 9.47 Å². The fourth-order valence-electron chi connectivity index (χ4n) is 2.83. The van der Waals surface area contributed by atoms with E-state index in [1.165, 1.54) is 45.2 Å². The lowest BCUT2D eigenvalue weighted by Gasteiger charge is -2.47. The Balaban J connectivity index is 2.20. The first-order valence-corrected chi connectivity index (χ1v) is 6.97. The van der Waals surface area contributed by atoms with E-state index in [2.05, 4.69) is 0 Å². The van der Waals surface area contributed by atoms with E-state index in [-0.39, 0.29) is 12.2 Å². The van der Waals surface area contributed by atoms with E-state index in [9.17, 15) is 18.0 Å². The van der Waals surface area contributed by atoms with Gasteiger partial charge in [0.2, 0.25) is 0 Å². The minimum absolute atomic E-state index is 0.0163. The molecule has 0 saturated carbocycles. The van der Waals surface area contributed by atoms with E-state index < -0.39 is 28.9 Å². The Kier molecular flexibility index (Phi) is 3.27. The van der Waals surface area contributed by atoms with Crippen molar-refractivity contribution in [2.45, 2.75) is 37.8 Å². The molecule has 0 aromatic heterocycles. The molecule has 0 amide bonds. The van der Waals surface area contributed by atoms with Crippen LogP contribution in [0.4, 0.5) is 13.2 Å². The molecule has 1 unspecified atom stereocenters. The monoisotopic (exact) mass is 328 g/mol. The van der Waals surface area contributed by atoms with Crippen LogP contribution in [0.5, 0.6) is 11.5 Å². The van der Waals surface area contributed by atoms with Crippen molar-refractivity contribution >= 4 is 11.9 Å². The molecule has 0 radical (unpaired) electrons. The van der Waals surface area contributed by atoms with Crippen LogP contribution in [0.1, 0.15) is 25.8 Å². The summed E-state index contributed by atoms with van der Waals surface area (Å²) >= 11 is 0. The molecule has 0 spiro atoms. The number of benzene rings is 1. The number of methoxy groups -OCH3 is 1. The molecule has 1 atom stereocenters. The third-order valence-electron chi connectivity index (χ3n) is 3.80. The van der Waals surface area contributed by atoms with Gasteiger partial charge in [-0.2, -0.15) is 13.2 Å². The van der Waals surface area contributed by atoms with Crippen LogP contribution in [0.15, 0.2) is 23.8 Å². The van der Waals surface area contributed by atoms with E-state index in [1.54, 1.807) is 0 Å². The highest BCUT2D eigenvalue weighted by Gasteiger charge is 2.68. The highest BCUT2D eigenvalue weighted by atomic mass is 19.4. The Bertz CT molecular complexity index is 706. The molecule has 7 heteroatoms. The van der Waals surface area contributed by atoms with Crippen molar-refractivity contribution in [2.75, 3.05) is 7.11 Å². The molecule has 2 aliphatic rings. The molecule has 0 aliphatic carbocycles. The van der Waals surface area contributed by atoms with Crippen molar-refractivity contribution in [3.8, 4) is 11.5 Å². The molecule has 0 N–H and O–H groups in total. The van der Waals surface area contributed by atoms with Crippen LogP contribution in [0, 0.1) is 0 Å². The number of Topliss-reactive ketones (excluding diaryl/α,β-unsaturated/α-hetero) is 1. The number of carbonyl (C=O) groups excluding carboxylic acids is 1. The van der Waals surface area contributed by atoms with Crippen molar-refractivity contribution < 1.29 is 32.2 Å². The van der Waals surface area contributed by atoms with Gasteiger partial charge in [0.1, 0.15) is 11.5 Å². The molecule has 0 bridgehead atoms. The van der Waals surface area contributed by atoms with Crippen molar-refractivity contribution in [1.29, 1.82) is 0 Å². The fourth-order valence-corrected chi connectivity index (χ4v) is 2.83. The molecule has 4 nitrogen and oxygen atoms in total. The van der Waals surface area contributed by atoms with Gasteiger partial charge in [0.25, 0.3) is 0 Å². The van der Waals surface area contributed by atoms with E-state index >= 15 is 0 Å². The van der Waals surface area contributed by atoms with E-state index in [0.29, 0.717) is 11.3 Å². The van der Waals surface area contributed by atoms with Gasteiger partial charge in [0, 0.05) is 12.0 Å². The Labute approximate surface area is 130 Å². The maximum absolute atomic E-state index is 13.8. The molecule has 124 valence electrons. The van der Waals surface area contributed by atoms with Gasteiger partial charge in [-0.05, 0) is 38.1 Å². The van der Waals surface area contributed by atoms with E-state index in [1.807, 2.05) is 0 Å². The Morgan fingerprint density at radius 3 is 2.57 bits per heavy atom. The molecule has 23 heavy (non-hydrogen) atoms. The first-order chi connectivity index (χ1) is 10.6. The second-order valence-corrected chi connectivity index (χ2v) is 6.14. The quantitative estimate of drug-likeness (QED) is 0.791. The molecule has 2 aliphatic heterocycles. The summed E-state index contributed by atoms with van der Waals surface area (Å²) in [4.78, 5) is 12.3. The zero-order chi connectivity index (χ0) is 17.0. The normalized spacial score (nSPS) is 25.8. The molecular weight excluding hydrogens is 313 g/mol.